The normalized spacial score (nSPS) is 21.5. The molecule has 1 fully saturated rings. The number of carbonyl (C=O) groups excluding carboxylic acids is 1. The van der Waals surface area contributed by atoms with Crippen LogP contribution in [0.1, 0.15) is 31.4 Å². The molecule has 1 aromatic carbocycles. The number of rotatable bonds is 4. The van der Waals surface area contributed by atoms with Gasteiger partial charge in [0.05, 0.1) is 17.5 Å². The van der Waals surface area contributed by atoms with Gasteiger partial charge in [0.2, 0.25) is 5.91 Å². The monoisotopic (exact) mass is 331 g/mol. The second kappa shape index (κ2) is 6.32. The van der Waals surface area contributed by atoms with E-state index < -0.39 is 27.5 Å². The molecule has 0 bridgehead atoms. The van der Waals surface area contributed by atoms with Gasteiger partial charge in [0.15, 0.2) is 21.5 Å². The van der Waals surface area contributed by atoms with Crippen LogP contribution in [0, 0.1) is 17.6 Å². The molecule has 0 aliphatic carbocycles. The maximum Gasteiger partial charge on any atom is 0.223 e. The van der Waals surface area contributed by atoms with Crippen LogP contribution in [-0.2, 0) is 14.6 Å². The highest BCUT2D eigenvalue weighted by Crippen LogP contribution is 2.26. The van der Waals surface area contributed by atoms with Crippen molar-refractivity contribution in [3.8, 4) is 0 Å². The molecule has 1 heterocycles. The van der Waals surface area contributed by atoms with Crippen LogP contribution in [0.25, 0.3) is 0 Å². The number of nitrogens with zero attached hydrogens (tertiary/aromatic N) is 1. The molecule has 1 aliphatic rings. The van der Waals surface area contributed by atoms with Crippen molar-refractivity contribution in [3.63, 3.8) is 0 Å². The standard InChI is InChI=1S/C15H19F2NO3S/c1-10(12-3-4-13(16)14(17)8-12)18(2)15(19)7-11-5-6-22(20,21)9-11/h3-4,8,10-11H,5-7,9H2,1-2H3. The summed E-state index contributed by atoms with van der Waals surface area (Å²) in [6.45, 7) is 1.72. The van der Waals surface area contributed by atoms with Crippen LogP contribution < -0.4 is 0 Å². The second-order valence-electron chi connectivity index (χ2n) is 5.83. The average molecular weight is 331 g/mol. The molecule has 7 heteroatoms. The summed E-state index contributed by atoms with van der Waals surface area (Å²) in [6.07, 6.45) is 0.658. The average Bonchev–Trinajstić information content (AvgIpc) is 2.79. The van der Waals surface area contributed by atoms with Gasteiger partial charge in [0.25, 0.3) is 0 Å². The molecule has 2 rings (SSSR count). The molecule has 1 aliphatic heterocycles. The van der Waals surface area contributed by atoms with Crippen LogP contribution in [0.4, 0.5) is 8.78 Å². The number of hydrogen-bond acceptors (Lipinski definition) is 3. The van der Waals surface area contributed by atoms with E-state index in [4.69, 9.17) is 0 Å². The molecule has 1 saturated heterocycles. The van der Waals surface area contributed by atoms with E-state index in [1.54, 1.807) is 14.0 Å². The molecular formula is C15H19F2NO3S. The number of halogens is 2. The lowest BCUT2D eigenvalue weighted by atomic mass is 10.0. The maximum atomic E-state index is 13.3. The summed E-state index contributed by atoms with van der Waals surface area (Å²) in [5.41, 5.74) is 0.494. The number of carbonyl (C=O) groups is 1. The zero-order valence-electron chi connectivity index (χ0n) is 12.6. The summed E-state index contributed by atoms with van der Waals surface area (Å²) in [6, 6.07) is 3.13. The Hall–Kier alpha value is -1.50. The summed E-state index contributed by atoms with van der Waals surface area (Å²) in [4.78, 5) is 13.7. The summed E-state index contributed by atoms with van der Waals surface area (Å²) in [7, 11) is -1.43. The number of amides is 1. The topological polar surface area (TPSA) is 54.5 Å². The van der Waals surface area contributed by atoms with Gasteiger partial charge in [-0.3, -0.25) is 4.79 Å². The zero-order valence-corrected chi connectivity index (χ0v) is 13.4. The van der Waals surface area contributed by atoms with Crippen molar-refractivity contribution >= 4 is 15.7 Å². The molecule has 1 amide bonds. The van der Waals surface area contributed by atoms with Crippen molar-refractivity contribution < 1.29 is 22.0 Å². The Balaban J connectivity index is 2.02. The molecule has 0 aromatic heterocycles. The van der Waals surface area contributed by atoms with Crippen LogP contribution in [0.2, 0.25) is 0 Å². The van der Waals surface area contributed by atoms with E-state index in [1.807, 2.05) is 0 Å². The van der Waals surface area contributed by atoms with Crippen LogP contribution >= 0.6 is 0 Å². The van der Waals surface area contributed by atoms with Crippen molar-refractivity contribution in [1.82, 2.24) is 4.90 Å². The molecule has 1 aromatic rings. The quantitative estimate of drug-likeness (QED) is 0.851. The highest BCUT2D eigenvalue weighted by Gasteiger charge is 2.31. The maximum absolute atomic E-state index is 13.3. The van der Waals surface area contributed by atoms with Crippen LogP contribution in [0.3, 0.4) is 0 Å². The molecule has 2 atom stereocenters. The largest absolute Gasteiger partial charge is 0.339 e. The van der Waals surface area contributed by atoms with Crippen LogP contribution in [0.5, 0.6) is 0 Å². The van der Waals surface area contributed by atoms with Gasteiger partial charge in [0.1, 0.15) is 0 Å². The molecule has 0 saturated carbocycles. The van der Waals surface area contributed by atoms with E-state index in [-0.39, 0.29) is 29.8 Å². The zero-order chi connectivity index (χ0) is 16.5. The number of sulfone groups is 1. The molecule has 122 valence electrons. The minimum Gasteiger partial charge on any atom is -0.339 e. The SMILES string of the molecule is CC(c1ccc(F)c(F)c1)N(C)C(=O)CC1CCS(=O)(=O)C1. The van der Waals surface area contributed by atoms with Crippen molar-refractivity contribution in [2.24, 2.45) is 5.92 Å². The highest BCUT2D eigenvalue weighted by atomic mass is 32.2. The third-order valence-corrected chi connectivity index (χ3v) is 6.03. The van der Waals surface area contributed by atoms with Gasteiger partial charge in [0, 0.05) is 13.5 Å². The van der Waals surface area contributed by atoms with E-state index in [2.05, 4.69) is 0 Å². The lowest BCUT2D eigenvalue weighted by molar-refractivity contribution is -0.132. The fraction of sp³-hybridized carbons (Fsp3) is 0.533. The Kier molecular flexibility index (Phi) is 4.84. The molecule has 0 spiro atoms. The van der Waals surface area contributed by atoms with E-state index in [1.165, 1.54) is 11.0 Å². The third kappa shape index (κ3) is 3.82. The smallest absolute Gasteiger partial charge is 0.223 e. The molecule has 0 N–H and O–H groups in total. The minimum absolute atomic E-state index is 0.0478. The van der Waals surface area contributed by atoms with Gasteiger partial charge in [-0.25, -0.2) is 17.2 Å². The van der Waals surface area contributed by atoms with Crippen molar-refractivity contribution in [2.45, 2.75) is 25.8 Å². The summed E-state index contributed by atoms with van der Waals surface area (Å²) in [5, 5.41) is 0. The van der Waals surface area contributed by atoms with Gasteiger partial charge >= 0.3 is 0 Å². The third-order valence-electron chi connectivity index (χ3n) is 4.19. The predicted octanol–water partition coefficient (Wildman–Crippen LogP) is 2.31. The summed E-state index contributed by atoms with van der Waals surface area (Å²) in [5.74, 6) is -2.05. The molecule has 0 radical (unpaired) electrons. The lowest BCUT2D eigenvalue weighted by Crippen LogP contribution is -2.31. The second-order valence-corrected chi connectivity index (χ2v) is 8.06. The molecule has 22 heavy (non-hydrogen) atoms. The molecule has 2 unspecified atom stereocenters. The molecular weight excluding hydrogens is 312 g/mol. The van der Waals surface area contributed by atoms with E-state index in [0.29, 0.717) is 12.0 Å². The van der Waals surface area contributed by atoms with Gasteiger partial charge in [-0.15, -0.1) is 0 Å². The van der Waals surface area contributed by atoms with Crippen molar-refractivity contribution in [1.29, 1.82) is 0 Å². The van der Waals surface area contributed by atoms with Gasteiger partial charge in [-0.05, 0) is 37.0 Å². The Morgan fingerprint density at radius 2 is 2.05 bits per heavy atom. The first-order valence-corrected chi connectivity index (χ1v) is 8.93. The number of hydrogen-bond donors (Lipinski definition) is 0. The van der Waals surface area contributed by atoms with E-state index in [9.17, 15) is 22.0 Å². The Labute approximate surface area is 129 Å². The molecule has 4 nitrogen and oxygen atoms in total. The lowest BCUT2D eigenvalue weighted by Gasteiger charge is -2.26. The van der Waals surface area contributed by atoms with Crippen LogP contribution in [0.15, 0.2) is 18.2 Å². The van der Waals surface area contributed by atoms with E-state index >= 15 is 0 Å². The minimum atomic E-state index is -3.01. The first kappa shape index (κ1) is 16.9. The Bertz CT molecular complexity index is 675. The summed E-state index contributed by atoms with van der Waals surface area (Å²) < 4.78 is 49.1. The first-order valence-electron chi connectivity index (χ1n) is 7.10. The van der Waals surface area contributed by atoms with Crippen LogP contribution in [-0.4, -0.2) is 37.8 Å². The first-order chi connectivity index (χ1) is 10.2. The summed E-state index contributed by atoms with van der Waals surface area (Å²) >= 11 is 0. The fourth-order valence-electron chi connectivity index (χ4n) is 2.64. The van der Waals surface area contributed by atoms with Gasteiger partial charge < -0.3 is 4.90 Å². The predicted molar refractivity (Wildman–Crippen MR) is 78.9 cm³/mol. The van der Waals surface area contributed by atoms with E-state index in [0.717, 1.165) is 12.1 Å². The Morgan fingerprint density at radius 3 is 2.59 bits per heavy atom. The van der Waals surface area contributed by atoms with Gasteiger partial charge in [-0.1, -0.05) is 6.07 Å². The van der Waals surface area contributed by atoms with Gasteiger partial charge in [-0.2, -0.15) is 0 Å². The van der Waals surface area contributed by atoms with Crippen molar-refractivity contribution in [2.75, 3.05) is 18.6 Å². The highest BCUT2D eigenvalue weighted by molar-refractivity contribution is 7.91. The Morgan fingerprint density at radius 1 is 1.36 bits per heavy atom. The van der Waals surface area contributed by atoms with Crippen molar-refractivity contribution in [3.05, 3.63) is 35.4 Å². The fourth-order valence-corrected chi connectivity index (χ4v) is 4.50. The number of benzene rings is 1.